The molecule has 0 saturated heterocycles. The van der Waals surface area contributed by atoms with Crippen LogP contribution in [0.25, 0.3) is 11.3 Å². The number of amides is 1. The number of aromatic nitrogens is 1. The second-order valence-electron chi connectivity index (χ2n) is 6.08. The van der Waals surface area contributed by atoms with Gasteiger partial charge >= 0.3 is 5.97 Å². The summed E-state index contributed by atoms with van der Waals surface area (Å²) in [5.74, 6) is -0.725. The van der Waals surface area contributed by atoms with Gasteiger partial charge in [0.1, 0.15) is 5.69 Å². The van der Waals surface area contributed by atoms with E-state index in [2.05, 4.69) is 10.5 Å². The van der Waals surface area contributed by atoms with Crippen LogP contribution >= 0.6 is 0 Å². The Labute approximate surface area is 145 Å². The molecule has 130 valence electrons. The average molecular weight is 340 g/mol. The number of hydrogen-bond donors (Lipinski definition) is 1. The van der Waals surface area contributed by atoms with Crippen molar-refractivity contribution in [1.29, 1.82) is 0 Å². The topological polar surface area (TPSA) is 81.4 Å². The number of anilines is 1. The smallest absolute Gasteiger partial charge is 0.309 e. The predicted octanol–water partition coefficient (Wildman–Crippen LogP) is 3.49. The fourth-order valence-corrected chi connectivity index (χ4v) is 2.63. The summed E-state index contributed by atoms with van der Waals surface area (Å²) in [6.07, 6.45) is 6.32. The largest absolute Gasteiger partial charge is 0.455 e. The third-order valence-electron chi connectivity index (χ3n) is 4.07. The Bertz CT molecular complexity index is 777. The number of nitrogens with zero attached hydrogens (tertiary/aromatic N) is 1. The van der Waals surface area contributed by atoms with Crippen LogP contribution in [0.15, 0.2) is 47.0 Å². The molecule has 0 unspecified atom stereocenters. The molecule has 1 aliphatic carbocycles. The van der Waals surface area contributed by atoms with E-state index in [1.54, 1.807) is 6.07 Å². The standard InChI is InChI=1S/C19H20N2O4/c1-13-7-9-14(10-8-13)16-11-18(25-21-16)20-17(22)12-24-19(23)15-5-3-2-4-6-15/h2-3,7-11,15H,4-6,12H2,1H3,(H,20,22)/t15-/m1/s1. The van der Waals surface area contributed by atoms with Crippen molar-refractivity contribution in [1.82, 2.24) is 5.16 Å². The Morgan fingerprint density at radius 1 is 1.28 bits per heavy atom. The molecule has 1 amide bonds. The SMILES string of the molecule is Cc1ccc(-c2cc(NC(=O)COC(=O)[C@@H]3CC=CCC3)on2)cc1. The van der Waals surface area contributed by atoms with Crippen molar-refractivity contribution in [2.24, 2.45) is 5.92 Å². The fourth-order valence-electron chi connectivity index (χ4n) is 2.63. The molecule has 2 aromatic rings. The number of rotatable bonds is 5. The van der Waals surface area contributed by atoms with E-state index in [1.165, 1.54) is 0 Å². The Morgan fingerprint density at radius 3 is 2.80 bits per heavy atom. The molecule has 0 bridgehead atoms. The number of carbonyl (C=O) groups excluding carboxylic acids is 2. The number of hydrogen-bond acceptors (Lipinski definition) is 5. The van der Waals surface area contributed by atoms with Crippen molar-refractivity contribution in [3.63, 3.8) is 0 Å². The molecule has 0 spiro atoms. The van der Waals surface area contributed by atoms with Gasteiger partial charge in [-0.05, 0) is 26.2 Å². The highest BCUT2D eigenvalue weighted by molar-refractivity contribution is 5.92. The first-order valence-electron chi connectivity index (χ1n) is 8.27. The van der Waals surface area contributed by atoms with E-state index >= 15 is 0 Å². The van der Waals surface area contributed by atoms with Crippen LogP contribution in [0, 0.1) is 12.8 Å². The molecule has 1 N–H and O–H groups in total. The van der Waals surface area contributed by atoms with Gasteiger partial charge in [0.15, 0.2) is 6.61 Å². The highest BCUT2D eigenvalue weighted by Gasteiger charge is 2.21. The Hall–Kier alpha value is -2.89. The van der Waals surface area contributed by atoms with Gasteiger partial charge in [0.25, 0.3) is 5.91 Å². The van der Waals surface area contributed by atoms with Gasteiger partial charge in [0.2, 0.25) is 5.88 Å². The molecule has 1 aromatic heterocycles. The Balaban J connectivity index is 1.50. The van der Waals surface area contributed by atoms with Gasteiger partial charge in [-0.1, -0.05) is 47.1 Å². The summed E-state index contributed by atoms with van der Waals surface area (Å²) in [6, 6.07) is 9.44. The van der Waals surface area contributed by atoms with Gasteiger partial charge < -0.3 is 9.26 Å². The van der Waals surface area contributed by atoms with Gasteiger partial charge in [-0.3, -0.25) is 14.9 Å². The third kappa shape index (κ3) is 4.56. The number of benzene rings is 1. The molecule has 1 aromatic carbocycles. The average Bonchev–Trinajstić information content (AvgIpc) is 3.09. The minimum absolute atomic E-state index is 0.156. The van der Waals surface area contributed by atoms with Gasteiger partial charge in [0.05, 0.1) is 5.92 Å². The lowest BCUT2D eigenvalue weighted by atomic mass is 9.95. The molecule has 6 heteroatoms. The van der Waals surface area contributed by atoms with Crippen molar-refractivity contribution < 1.29 is 18.8 Å². The molecule has 1 heterocycles. The Morgan fingerprint density at radius 2 is 2.08 bits per heavy atom. The molecule has 1 aliphatic rings. The zero-order valence-corrected chi connectivity index (χ0v) is 14.0. The van der Waals surface area contributed by atoms with Gasteiger partial charge in [-0.25, -0.2) is 0 Å². The molecule has 0 aliphatic heterocycles. The zero-order valence-electron chi connectivity index (χ0n) is 14.0. The number of aryl methyl sites for hydroxylation is 1. The second-order valence-corrected chi connectivity index (χ2v) is 6.08. The number of carbonyl (C=O) groups is 2. The van der Waals surface area contributed by atoms with Crippen LogP contribution in [0.2, 0.25) is 0 Å². The van der Waals surface area contributed by atoms with Crippen LogP contribution in [0.4, 0.5) is 5.88 Å². The molecular formula is C19H20N2O4. The van der Waals surface area contributed by atoms with Crippen LogP contribution in [-0.4, -0.2) is 23.6 Å². The lowest BCUT2D eigenvalue weighted by Crippen LogP contribution is -2.25. The van der Waals surface area contributed by atoms with E-state index < -0.39 is 5.91 Å². The lowest BCUT2D eigenvalue weighted by Gasteiger charge is -2.15. The van der Waals surface area contributed by atoms with Gasteiger partial charge in [-0.2, -0.15) is 0 Å². The maximum absolute atomic E-state index is 11.9. The van der Waals surface area contributed by atoms with Gasteiger partial charge in [0, 0.05) is 11.6 Å². The zero-order chi connectivity index (χ0) is 17.6. The van der Waals surface area contributed by atoms with Crippen molar-refractivity contribution in [2.45, 2.75) is 26.2 Å². The molecule has 3 rings (SSSR count). The summed E-state index contributed by atoms with van der Waals surface area (Å²) < 4.78 is 10.2. The van der Waals surface area contributed by atoms with Crippen molar-refractivity contribution in [3.8, 4) is 11.3 Å². The molecule has 25 heavy (non-hydrogen) atoms. The number of ether oxygens (including phenoxy) is 1. The van der Waals surface area contributed by atoms with Gasteiger partial charge in [-0.15, -0.1) is 0 Å². The first kappa shape index (κ1) is 17.0. The summed E-state index contributed by atoms with van der Waals surface area (Å²) in [4.78, 5) is 23.8. The van der Waals surface area contributed by atoms with Crippen LogP contribution in [0.5, 0.6) is 0 Å². The monoisotopic (exact) mass is 340 g/mol. The quantitative estimate of drug-likeness (QED) is 0.665. The maximum atomic E-state index is 11.9. The van der Waals surface area contributed by atoms with E-state index in [1.807, 2.05) is 43.3 Å². The van der Waals surface area contributed by atoms with E-state index in [9.17, 15) is 9.59 Å². The maximum Gasteiger partial charge on any atom is 0.309 e. The van der Waals surface area contributed by atoms with Crippen LogP contribution < -0.4 is 5.32 Å². The van der Waals surface area contributed by atoms with E-state index in [0.717, 1.165) is 24.0 Å². The number of esters is 1. The summed E-state index contributed by atoms with van der Waals surface area (Å²) in [5, 5.41) is 6.48. The van der Waals surface area contributed by atoms with Crippen molar-refractivity contribution in [3.05, 3.63) is 48.0 Å². The van der Waals surface area contributed by atoms with Crippen molar-refractivity contribution >= 4 is 17.8 Å². The molecule has 0 fully saturated rings. The van der Waals surface area contributed by atoms with Crippen LogP contribution in [-0.2, 0) is 14.3 Å². The number of nitrogens with one attached hydrogen (secondary N) is 1. The molecule has 1 atom stereocenters. The van der Waals surface area contributed by atoms with E-state index in [4.69, 9.17) is 9.26 Å². The van der Waals surface area contributed by atoms with E-state index in [-0.39, 0.29) is 24.4 Å². The highest BCUT2D eigenvalue weighted by atomic mass is 16.5. The summed E-state index contributed by atoms with van der Waals surface area (Å²) in [6.45, 7) is 1.67. The summed E-state index contributed by atoms with van der Waals surface area (Å²) in [7, 11) is 0. The molecule has 0 radical (unpaired) electrons. The van der Waals surface area contributed by atoms with Crippen molar-refractivity contribution in [2.75, 3.05) is 11.9 Å². The fraction of sp³-hybridized carbons (Fsp3) is 0.316. The Kier molecular flexibility index (Phi) is 5.28. The second kappa shape index (κ2) is 7.79. The van der Waals surface area contributed by atoms with Crippen LogP contribution in [0.1, 0.15) is 24.8 Å². The summed E-state index contributed by atoms with van der Waals surface area (Å²) in [5.41, 5.74) is 2.67. The highest BCUT2D eigenvalue weighted by Crippen LogP contribution is 2.22. The third-order valence-corrected chi connectivity index (χ3v) is 4.07. The first-order chi connectivity index (χ1) is 12.1. The summed E-state index contributed by atoms with van der Waals surface area (Å²) >= 11 is 0. The lowest BCUT2D eigenvalue weighted by molar-refractivity contribution is -0.151. The minimum Gasteiger partial charge on any atom is -0.455 e. The molecule has 0 saturated carbocycles. The minimum atomic E-state index is -0.452. The molecule has 6 nitrogen and oxygen atoms in total. The normalized spacial score (nSPS) is 16.4. The van der Waals surface area contributed by atoms with Crippen LogP contribution in [0.3, 0.4) is 0 Å². The first-order valence-corrected chi connectivity index (χ1v) is 8.27. The number of allylic oxidation sites excluding steroid dienone is 2. The molecular weight excluding hydrogens is 320 g/mol. The predicted molar refractivity (Wildman–Crippen MR) is 92.7 cm³/mol. The van der Waals surface area contributed by atoms with E-state index in [0.29, 0.717) is 12.1 Å².